The molecule has 4 nitrogen and oxygen atoms in total. The molecule has 0 fully saturated rings. The first-order chi connectivity index (χ1) is 9.62. The molecule has 6 heteroatoms. The summed E-state index contributed by atoms with van der Waals surface area (Å²) < 4.78 is 29.3. The molecule has 20 heavy (non-hydrogen) atoms. The smallest absolute Gasteiger partial charge is 0.334 e. The summed E-state index contributed by atoms with van der Waals surface area (Å²) in [6.45, 7) is 4.08. The lowest BCUT2D eigenvalue weighted by Gasteiger charge is -2.11. The van der Waals surface area contributed by atoms with E-state index in [4.69, 9.17) is 14.2 Å². The van der Waals surface area contributed by atoms with Gasteiger partial charge in [-0.2, -0.15) is 4.39 Å². The van der Waals surface area contributed by atoms with Crippen LogP contribution in [0, 0.1) is 5.82 Å². The molecule has 110 valence electrons. The molecular weight excluding hydrogens is 331 g/mol. The molecule has 1 aromatic rings. The van der Waals surface area contributed by atoms with Crippen molar-refractivity contribution in [2.75, 3.05) is 18.5 Å². The van der Waals surface area contributed by atoms with Crippen molar-refractivity contribution in [1.82, 2.24) is 0 Å². The average molecular weight is 347 g/mol. The molecule has 0 aliphatic heterocycles. The van der Waals surface area contributed by atoms with Crippen LogP contribution in [-0.4, -0.2) is 24.5 Å². The second-order valence-corrected chi connectivity index (χ2v) is 4.16. The third-order valence-corrected chi connectivity index (χ3v) is 2.72. The van der Waals surface area contributed by atoms with E-state index in [-0.39, 0.29) is 29.2 Å². The highest BCUT2D eigenvalue weighted by Gasteiger charge is 2.12. The van der Waals surface area contributed by atoms with Gasteiger partial charge in [0, 0.05) is 0 Å². The minimum atomic E-state index is -0.606. The molecule has 0 amide bonds. The first-order valence-corrected chi connectivity index (χ1v) is 7.26. The maximum absolute atomic E-state index is 14.0. The molecule has 0 saturated carbocycles. The normalized spacial score (nSPS) is 11.1. The van der Waals surface area contributed by atoms with E-state index in [1.165, 1.54) is 18.2 Å². The number of esters is 1. The molecule has 0 spiro atoms. The molecular formula is C14H16BrFO4. The fourth-order valence-electron chi connectivity index (χ4n) is 1.39. The van der Waals surface area contributed by atoms with Gasteiger partial charge in [-0.15, -0.1) is 0 Å². The van der Waals surface area contributed by atoms with Crippen LogP contribution in [0.3, 0.4) is 0 Å². The summed E-state index contributed by atoms with van der Waals surface area (Å²) in [6.07, 6.45) is 1.17. The van der Waals surface area contributed by atoms with Crippen molar-refractivity contribution in [3.8, 4) is 11.5 Å². The van der Waals surface area contributed by atoms with Crippen LogP contribution in [0.2, 0.25) is 0 Å². The molecule has 0 aliphatic rings. The first-order valence-electron chi connectivity index (χ1n) is 6.14. The van der Waals surface area contributed by atoms with Crippen molar-refractivity contribution in [3.05, 3.63) is 35.9 Å². The third-order valence-electron chi connectivity index (χ3n) is 2.17. The summed E-state index contributed by atoms with van der Waals surface area (Å²) in [7, 11) is 0. The van der Waals surface area contributed by atoms with Crippen molar-refractivity contribution in [1.29, 1.82) is 0 Å². The van der Waals surface area contributed by atoms with Gasteiger partial charge >= 0.3 is 5.97 Å². The van der Waals surface area contributed by atoms with E-state index in [0.29, 0.717) is 6.61 Å². The van der Waals surface area contributed by atoms with Crippen molar-refractivity contribution >= 4 is 21.9 Å². The van der Waals surface area contributed by atoms with Gasteiger partial charge in [0.15, 0.2) is 11.5 Å². The predicted molar refractivity (Wildman–Crippen MR) is 76.7 cm³/mol. The number of alkyl halides is 1. The molecule has 0 atom stereocenters. The maximum Gasteiger partial charge on any atom is 0.334 e. The van der Waals surface area contributed by atoms with Gasteiger partial charge in [0.25, 0.3) is 0 Å². The Hall–Kier alpha value is -1.56. The van der Waals surface area contributed by atoms with E-state index >= 15 is 0 Å². The number of rotatable bonds is 7. The van der Waals surface area contributed by atoms with E-state index in [1.807, 2.05) is 0 Å². The van der Waals surface area contributed by atoms with E-state index in [1.54, 1.807) is 19.9 Å². The zero-order valence-electron chi connectivity index (χ0n) is 11.3. The molecule has 0 aromatic heterocycles. The highest BCUT2D eigenvalue weighted by atomic mass is 79.9. The maximum atomic E-state index is 14.0. The van der Waals surface area contributed by atoms with Gasteiger partial charge < -0.3 is 14.2 Å². The van der Waals surface area contributed by atoms with Crippen LogP contribution in [0.15, 0.2) is 30.0 Å². The number of carbonyl (C=O) groups is 1. The molecule has 0 saturated heterocycles. The third kappa shape index (κ3) is 4.85. The minimum absolute atomic E-state index is 0.00838. The van der Waals surface area contributed by atoms with Gasteiger partial charge in [-0.25, -0.2) is 4.79 Å². The van der Waals surface area contributed by atoms with Gasteiger partial charge in [-0.05, 0) is 26.0 Å². The lowest BCUT2D eigenvalue weighted by atomic mass is 10.3. The summed E-state index contributed by atoms with van der Waals surface area (Å²) in [4.78, 5) is 11.3. The zero-order valence-corrected chi connectivity index (χ0v) is 12.9. The van der Waals surface area contributed by atoms with E-state index < -0.39 is 11.8 Å². The summed E-state index contributed by atoms with van der Waals surface area (Å²) in [5, 5.41) is 0.254. The van der Waals surface area contributed by atoms with E-state index in [2.05, 4.69) is 15.9 Å². The highest BCUT2D eigenvalue weighted by molar-refractivity contribution is 9.09. The van der Waals surface area contributed by atoms with Crippen LogP contribution in [0.1, 0.15) is 13.8 Å². The molecule has 0 aliphatic carbocycles. The largest absolute Gasteiger partial charge is 0.491 e. The molecule has 0 N–H and O–H groups in total. The molecule has 1 aromatic carbocycles. The van der Waals surface area contributed by atoms with E-state index in [0.717, 1.165) is 0 Å². The first kappa shape index (κ1) is 16.5. The number of ether oxygens (including phenoxy) is 3. The summed E-state index contributed by atoms with van der Waals surface area (Å²) in [5.74, 6) is -0.801. The lowest BCUT2D eigenvalue weighted by Crippen LogP contribution is -2.06. The van der Waals surface area contributed by atoms with Gasteiger partial charge in [0.1, 0.15) is 5.76 Å². The van der Waals surface area contributed by atoms with Crippen LogP contribution in [0.4, 0.5) is 4.39 Å². The Kier molecular flexibility index (Phi) is 7.08. The Bertz CT molecular complexity index is 488. The minimum Gasteiger partial charge on any atom is -0.491 e. The van der Waals surface area contributed by atoms with Crippen molar-refractivity contribution < 1.29 is 23.4 Å². The number of benzene rings is 1. The molecule has 0 radical (unpaired) electrons. The summed E-state index contributed by atoms with van der Waals surface area (Å²) in [5.41, 5.74) is 0. The van der Waals surface area contributed by atoms with Crippen LogP contribution < -0.4 is 9.47 Å². The van der Waals surface area contributed by atoms with Crippen LogP contribution >= 0.6 is 15.9 Å². The quantitative estimate of drug-likeness (QED) is 0.328. The van der Waals surface area contributed by atoms with Crippen molar-refractivity contribution in [2.45, 2.75) is 13.8 Å². The number of hydrogen-bond donors (Lipinski definition) is 0. The van der Waals surface area contributed by atoms with Gasteiger partial charge in [0.05, 0.1) is 24.6 Å². The topological polar surface area (TPSA) is 44.8 Å². The van der Waals surface area contributed by atoms with Crippen molar-refractivity contribution in [3.63, 3.8) is 0 Å². The Morgan fingerprint density at radius 3 is 2.60 bits per heavy atom. The van der Waals surface area contributed by atoms with Gasteiger partial charge in [0.2, 0.25) is 5.82 Å². The number of halogens is 2. The highest BCUT2D eigenvalue weighted by Crippen LogP contribution is 2.28. The van der Waals surface area contributed by atoms with Crippen LogP contribution in [0.25, 0.3) is 0 Å². The molecule has 0 heterocycles. The SMILES string of the molecule is CCOC(=O)/C=C(/CBr)Oc1cccc(OCC)c1F. The Balaban J connectivity index is 2.90. The Morgan fingerprint density at radius 2 is 2.00 bits per heavy atom. The van der Waals surface area contributed by atoms with Crippen molar-refractivity contribution in [2.24, 2.45) is 0 Å². The fraction of sp³-hybridized carbons (Fsp3) is 0.357. The van der Waals surface area contributed by atoms with Gasteiger partial charge in [-0.1, -0.05) is 22.0 Å². The number of carbonyl (C=O) groups excluding carboxylic acids is 1. The fourth-order valence-corrected chi connectivity index (χ4v) is 1.66. The Labute approximate surface area is 125 Å². The van der Waals surface area contributed by atoms with Gasteiger partial charge in [-0.3, -0.25) is 0 Å². The number of allylic oxidation sites excluding steroid dienone is 1. The molecule has 1 rings (SSSR count). The standard InChI is InChI=1S/C14H16BrFO4/c1-3-18-11-6-5-7-12(14(11)16)20-10(9-15)8-13(17)19-4-2/h5-8H,3-4,9H2,1-2H3/b10-8-. The Morgan fingerprint density at radius 1 is 1.30 bits per heavy atom. The summed E-state index contributed by atoms with van der Waals surface area (Å²) in [6, 6.07) is 4.58. The predicted octanol–water partition coefficient (Wildman–Crippen LogP) is 3.45. The van der Waals surface area contributed by atoms with Crippen LogP contribution in [0.5, 0.6) is 11.5 Å². The second kappa shape index (κ2) is 8.58. The monoisotopic (exact) mass is 346 g/mol. The second-order valence-electron chi connectivity index (χ2n) is 3.60. The number of hydrogen-bond acceptors (Lipinski definition) is 4. The molecule has 0 bridgehead atoms. The average Bonchev–Trinajstić information content (AvgIpc) is 2.42. The van der Waals surface area contributed by atoms with Crippen LogP contribution in [-0.2, 0) is 9.53 Å². The summed E-state index contributed by atoms with van der Waals surface area (Å²) >= 11 is 3.17. The molecule has 0 unspecified atom stereocenters. The van der Waals surface area contributed by atoms with E-state index in [9.17, 15) is 9.18 Å². The lowest BCUT2D eigenvalue weighted by molar-refractivity contribution is -0.137. The zero-order chi connectivity index (χ0) is 15.0.